The number of hydrogen-bond donors (Lipinski definition) is 2. The summed E-state index contributed by atoms with van der Waals surface area (Å²) in [6, 6.07) is 6.68. The molecule has 1 aromatic carbocycles. The molecule has 0 aromatic heterocycles. The molecule has 116 valence electrons. The van der Waals surface area contributed by atoms with E-state index >= 15 is 0 Å². The van der Waals surface area contributed by atoms with E-state index in [4.69, 9.17) is 0 Å². The molecule has 0 unspecified atom stereocenters. The van der Waals surface area contributed by atoms with E-state index in [-0.39, 0.29) is 5.91 Å². The number of hydrogen-bond acceptors (Lipinski definition) is 3. The lowest BCUT2D eigenvalue weighted by molar-refractivity contribution is -0.120. The summed E-state index contributed by atoms with van der Waals surface area (Å²) >= 11 is 0. The van der Waals surface area contributed by atoms with Gasteiger partial charge < -0.3 is 15.5 Å². The molecular formula is C17H27N3O. The van der Waals surface area contributed by atoms with E-state index in [1.807, 2.05) is 6.92 Å². The molecule has 1 amide bonds. The first-order valence-electron chi connectivity index (χ1n) is 7.97. The predicted molar refractivity (Wildman–Crippen MR) is 87.8 cm³/mol. The number of amides is 1. The second-order valence-electron chi connectivity index (χ2n) is 5.91. The predicted octanol–water partition coefficient (Wildman–Crippen LogP) is 2.25. The topological polar surface area (TPSA) is 44.4 Å². The monoisotopic (exact) mass is 289 g/mol. The van der Waals surface area contributed by atoms with Gasteiger partial charge in [0.05, 0.1) is 0 Å². The first-order chi connectivity index (χ1) is 10.1. The van der Waals surface area contributed by atoms with Crippen molar-refractivity contribution in [2.45, 2.75) is 39.7 Å². The summed E-state index contributed by atoms with van der Waals surface area (Å²) < 4.78 is 0. The Labute approximate surface area is 127 Å². The van der Waals surface area contributed by atoms with Gasteiger partial charge in [-0.15, -0.1) is 0 Å². The lowest BCUT2D eigenvalue weighted by atomic mass is 9.99. The lowest BCUT2D eigenvalue weighted by Crippen LogP contribution is -2.44. The van der Waals surface area contributed by atoms with Crippen molar-refractivity contribution in [3.63, 3.8) is 0 Å². The first-order valence-corrected chi connectivity index (χ1v) is 7.97. The molecule has 1 aliphatic heterocycles. The number of nitrogens with one attached hydrogen (secondary N) is 2. The van der Waals surface area contributed by atoms with Gasteiger partial charge in [0.1, 0.15) is 0 Å². The van der Waals surface area contributed by atoms with Crippen molar-refractivity contribution in [1.82, 2.24) is 10.6 Å². The number of nitrogens with zero attached hydrogens (tertiary/aromatic N) is 1. The average molecular weight is 289 g/mol. The summed E-state index contributed by atoms with van der Waals surface area (Å²) in [6.45, 7) is 11.0. The third kappa shape index (κ3) is 4.21. The van der Waals surface area contributed by atoms with Crippen LogP contribution in [0.1, 0.15) is 44.2 Å². The van der Waals surface area contributed by atoms with Gasteiger partial charge in [0.2, 0.25) is 5.91 Å². The zero-order chi connectivity index (χ0) is 15.2. The third-order valence-electron chi connectivity index (χ3n) is 4.03. The van der Waals surface area contributed by atoms with Gasteiger partial charge in [0.25, 0.3) is 0 Å². The summed E-state index contributed by atoms with van der Waals surface area (Å²) in [5, 5.41) is 6.39. The van der Waals surface area contributed by atoms with Crippen LogP contribution in [0.25, 0.3) is 0 Å². The first kappa shape index (κ1) is 15.8. The van der Waals surface area contributed by atoms with E-state index in [9.17, 15) is 4.79 Å². The zero-order valence-electron chi connectivity index (χ0n) is 13.4. The van der Waals surface area contributed by atoms with Gasteiger partial charge in [-0.1, -0.05) is 32.9 Å². The number of carbonyl (C=O) groups is 1. The molecule has 1 saturated heterocycles. The Morgan fingerprint density at radius 3 is 2.67 bits per heavy atom. The lowest BCUT2D eigenvalue weighted by Gasteiger charge is -2.31. The second kappa shape index (κ2) is 7.46. The molecule has 4 nitrogen and oxygen atoms in total. The number of benzene rings is 1. The number of anilines is 1. The summed E-state index contributed by atoms with van der Waals surface area (Å²) in [5.41, 5.74) is 3.82. The SMILES string of the molecule is CCC(=O)NCc1cc(C(C)C)ccc1N1CCNCC1. The molecule has 0 atom stereocenters. The minimum absolute atomic E-state index is 0.108. The smallest absolute Gasteiger partial charge is 0.219 e. The fourth-order valence-electron chi connectivity index (χ4n) is 2.64. The fraction of sp³-hybridized carbons (Fsp3) is 0.588. The minimum atomic E-state index is 0.108. The van der Waals surface area contributed by atoms with Crippen LogP contribution in [0.4, 0.5) is 5.69 Å². The van der Waals surface area contributed by atoms with Crippen molar-refractivity contribution in [1.29, 1.82) is 0 Å². The van der Waals surface area contributed by atoms with E-state index in [1.54, 1.807) is 0 Å². The molecule has 2 N–H and O–H groups in total. The van der Waals surface area contributed by atoms with Gasteiger partial charge in [0.15, 0.2) is 0 Å². The minimum Gasteiger partial charge on any atom is -0.369 e. The van der Waals surface area contributed by atoms with Crippen LogP contribution in [0.3, 0.4) is 0 Å². The van der Waals surface area contributed by atoms with Crippen molar-refractivity contribution < 1.29 is 4.79 Å². The summed E-state index contributed by atoms with van der Waals surface area (Å²) in [5.74, 6) is 0.610. The maximum absolute atomic E-state index is 11.6. The van der Waals surface area contributed by atoms with Crippen LogP contribution in [0.5, 0.6) is 0 Å². The van der Waals surface area contributed by atoms with Crippen LogP contribution in [-0.2, 0) is 11.3 Å². The Hall–Kier alpha value is -1.55. The second-order valence-corrected chi connectivity index (χ2v) is 5.91. The number of piperazine rings is 1. The van der Waals surface area contributed by atoms with Crippen LogP contribution in [0.15, 0.2) is 18.2 Å². The Bertz CT molecular complexity index is 479. The molecule has 0 spiro atoms. The quantitative estimate of drug-likeness (QED) is 0.874. The van der Waals surface area contributed by atoms with Gasteiger partial charge in [-0.25, -0.2) is 0 Å². The Morgan fingerprint density at radius 2 is 2.05 bits per heavy atom. The molecule has 21 heavy (non-hydrogen) atoms. The van der Waals surface area contributed by atoms with E-state index in [0.717, 1.165) is 26.2 Å². The average Bonchev–Trinajstić information content (AvgIpc) is 2.53. The van der Waals surface area contributed by atoms with Crippen molar-refractivity contribution in [2.75, 3.05) is 31.1 Å². The third-order valence-corrected chi connectivity index (χ3v) is 4.03. The van der Waals surface area contributed by atoms with Crippen LogP contribution >= 0.6 is 0 Å². The fourth-order valence-corrected chi connectivity index (χ4v) is 2.64. The summed E-state index contributed by atoms with van der Waals surface area (Å²) in [4.78, 5) is 14.0. The van der Waals surface area contributed by atoms with Crippen LogP contribution in [0, 0.1) is 0 Å². The Kier molecular flexibility index (Phi) is 5.62. The van der Waals surface area contributed by atoms with Gasteiger partial charge in [0, 0.05) is 44.8 Å². The van der Waals surface area contributed by atoms with Crippen molar-refractivity contribution >= 4 is 11.6 Å². The van der Waals surface area contributed by atoms with Crippen LogP contribution < -0.4 is 15.5 Å². The highest BCUT2D eigenvalue weighted by atomic mass is 16.1. The standard InChI is InChI=1S/C17H27N3O/c1-4-17(21)19-12-15-11-14(13(2)3)5-6-16(15)20-9-7-18-8-10-20/h5-6,11,13,18H,4,7-10,12H2,1-3H3,(H,19,21). The van der Waals surface area contributed by atoms with Gasteiger partial charge in [-0.3, -0.25) is 4.79 Å². The van der Waals surface area contributed by atoms with Gasteiger partial charge >= 0.3 is 0 Å². The molecule has 0 saturated carbocycles. The number of rotatable bonds is 5. The number of carbonyl (C=O) groups excluding carboxylic acids is 1. The largest absolute Gasteiger partial charge is 0.369 e. The summed E-state index contributed by atoms with van der Waals surface area (Å²) in [7, 11) is 0. The highest BCUT2D eigenvalue weighted by Gasteiger charge is 2.15. The maximum Gasteiger partial charge on any atom is 0.219 e. The van der Waals surface area contributed by atoms with E-state index < -0.39 is 0 Å². The highest BCUT2D eigenvalue weighted by Crippen LogP contribution is 2.26. The molecule has 1 heterocycles. The molecule has 0 aliphatic carbocycles. The van der Waals surface area contributed by atoms with Gasteiger partial charge in [-0.05, 0) is 23.1 Å². The van der Waals surface area contributed by atoms with Crippen LogP contribution in [0.2, 0.25) is 0 Å². The molecule has 1 fully saturated rings. The molecule has 1 aliphatic rings. The molecule has 0 bridgehead atoms. The van der Waals surface area contributed by atoms with Gasteiger partial charge in [-0.2, -0.15) is 0 Å². The zero-order valence-corrected chi connectivity index (χ0v) is 13.4. The van der Waals surface area contributed by atoms with Crippen molar-refractivity contribution in [3.8, 4) is 0 Å². The molecular weight excluding hydrogens is 262 g/mol. The van der Waals surface area contributed by atoms with Crippen molar-refractivity contribution in [2.24, 2.45) is 0 Å². The normalized spacial score (nSPS) is 15.3. The van der Waals surface area contributed by atoms with E-state index in [0.29, 0.717) is 18.9 Å². The molecule has 1 aromatic rings. The molecule has 0 radical (unpaired) electrons. The van der Waals surface area contributed by atoms with E-state index in [1.165, 1.54) is 16.8 Å². The molecule has 4 heteroatoms. The Morgan fingerprint density at radius 1 is 1.33 bits per heavy atom. The summed E-state index contributed by atoms with van der Waals surface area (Å²) in [6.07, 6.45) is 0.535. The van der Waals surface area contributed by atoms with Crippen molar-refractivity contribution in [3.05, 3.63) is 29.3 Å². The van der Waals surface area contributed by atoms with Crippen LogP contribution in [-0.4, -0.2) is 32.1 Å². The molecule has 2 rings (SSSR count). The Balaban J connectivity index is 2.22. The highest BCUT2D eigenvalue weighted by molar-refractivity contribution is 5.75. The maximum atomic E-state index is 11.6. The van der Waals surface area contributed by atoms with E-state index in [2.05, 4.69) is 47.6 Å².